The number of amides is 1. The second kappa shape index (κ2) is 10.8. The number of nitrogens with one attached hydrogen (secondary N) is 3. The van der Waals surface area contributed by atoms with Crippen LogP contribution in [0.15, 0.2) is 53.5 Å². The normalized spacial score (nSPS) is 14.1. The summed E-state index contributed by atoms with van der Waals surface area (Å²) in [6.45, 7) is 3.00. The first-order valence-electron chi connectivity index (χ1n) is 8.93. The van der Waals surface area contributed by atoms with E-state index in [1.54, 1.807) is 13.1 Å². The van der Waals surface area contributed by atoms with Crippen molar-refractivity contribution < 1.29 is 9.18 Å². The van der Waals surface area contributed by atoms with E-state index >= 15 is 0 Å². The van der Waals surface area contributed by atoms with Crippen LogP contribution in [0, 0.1) is 5.82 Å². The summed E-state index contributed by atoms with van der Waals surface area (Å²) in [5.74, 6) is 0.458. The fourth-order valence-electron chi connectivity index (χ4n) is 2.92. The minimum atomic E-state index is -0.247. The zero-order valence-corrected chi connectivity index (χ0v) is 18.1. The van der Waals surface area contributed by atoms with E-state index in [1.807, 2.05) is 30.3 Å². The fourth-order valence-corrected chi connectivity index (χ4v) is 2.92. The summed E-state index contributed by atoms with van der Waals surface area (Å²) in [5.41, 5.74) is 3.00. The molecule has 1 amide bonds. The van der Waals surface area contributed by atoms with E-state index in [2.05, 4.69) is 25.8 Å². The SMILES string of the molecule is CN=C(NCc1ccc(N2CCNC(=O)C2)cc1)NCc1cccc(F)c1.I. The Hall–Kier alpha value is -2.36. The van der Waals surface area contributed by atoms with E-state index in [1.165, 1.54) is 12.1 Å². The number of hydrogen-bond acceptors (Lipinski definition) is 3. The summed E-state index contributed by atoms with van der Waals surface area (Å²) in [5, 5.41) is 9.24. The van der Waals surface area contributed by atoms with Gasteiger partial charge < -0.3 is 20.9 Å². The van der Waals surface area contributed by atoms with Gasteiger partial charge in [-0.05, 0) is 35.4 Å². The molecule has 2 aromatic rings. The van der Waals surface area contributed by atoms with Crippen molar-refractivity contribution >= 4 is 41.5 Å². The number of piperazine rings is 1. The molecule has 1 aliphatic heterocycles. The van der Waals surface area contributed by atoms with Crippen molar-refractivity contribution in [2.24, 2.45) is 4.99 Å². The quantitative estimate of drug-likeness (QED) is 0.337. The van der Waals surface area contributed by atoms with Crippen LogP contribution in [-0.4, -0.2) is 38.5 Å². The van der Waals surface area contributed by atoms with Crippen molar-refractivity contribution in [2.75, 3.05) is 31.6 Å². The number of carbonyl (C=O) groups is 1. The zero-order chi connectivity index (χ0) is 19.1. The monoisotopic (exact) mass is 497 g/mol. The molecular weight excluding hydrogens is 472 g/mol. The molecule has 0 bridgehead atoms. The van der Waals surface area contributed by atoms with Gasteiger partial charge in [-0.1, -0.05) is 24.3 Å². The van der Waals surface area contributed by atoms with Crippen molar-refractivity contribution in [3.63, 3.8) is 0 Å². The number of rotatable bonds is 5. The molecule has 3 N–H and O–H groups in total. The van der Waals surface area contributed by atoms with Crippen LogP contribution in [0.25, 0.3) is 0 Å². The maximum absolute atomic E-state index is 13.2. The molecule has 28 heavy (non-hydrogen) atoms. The van der Waals surface area contributed by atoms with Crippen molar-refractivity contribution in [2.45, 2.75) is 13.1 Å². The highest BCUT2D eigenvalue weighted by molar-refractivity contribution is 14.0. The Kier molecular flexibility index (Phi) is 8.49. The first kappa shape index (κ1) is 21.9. The third kappa shape index (κ3) is 6.36. The Bertz CT molecular complexity index is 812. The van der Waals surface area contributed by atoms with Gasteiger partial charge >= 0.3 is 0 Å². The van der Waals surface area contributed by atoms with Gasteiger partial charge in [0.25, 0.3) is 0 Å². The fraction of sp³-hybridized carbons (Fsp3) is 0.300. The lowest BCUT2D eigenvalue weighted by Gasteiger charge is -2.28. The maximum atomic E-state index is 13.2. The van der Waals surface area contributed by atoms with Gasteiger partial charge in [-0.25, -0.2) is 4.39 Å². The summed E-state index contributed by atoms with van der Waals surface area (Å²) < 4.78 is 13.2. The summed E-state index contributed by atoms with van der Waals surface area (Å²) in [6.07, 6.45) is 0. The smallest absolute Gasteiger partial charge is 0.239 e. The van der Waals surface area contributed by atoms with E-state index in [0.29, 0.717) is 32.1 Å². The van der Waals surface area contributed by atoms with Crippen molar-refractivity contribution in [3.8, 4) is 0 Å². The molecule has 1 heterocycles. The lowest BCUT2D eigenvalue weighted by Crippen LogP contribution is -2.47. The Morgan fingerprint density at radius 1 is 1.14 bits per heavy atom. The van der Waals surface area contributed by atoms with Crippen LogP contribution < -0.4 is 20.9 Å². The molecule has 0 atom stereocenters. The van der Waals surface area contributed by atoms with Gasteiger partial charge in [0, 0.05) is 38.9 Å². The first-order chi connectivity index (χ1) is 13.1. The van der Waals surface area contributed by atoms with Crippen LogP contribution in [0.2, 0.25) is 0 Å². The number of hydrogen-bond donors (Lipinski definition) is 3. The number of aliphatic imine (C=N–C) groups is 1. The molecule has 0 aliphatic carbocycles. The first-order valence-corrected chi connectivity index (χ1v) is 8.93. The second-order valence-electron chi connectivity index (χ2n) is 6.35. The largest absolute Gasteiger partial charge is 0.360 e. The maximum Gasteiger partial charge on any atom is 0.239 e. The summed E-state index contributed by atoms with van der Waals surface area (Å²) in [4.78, 5) is 17.8. The van der Waals surface area contributed by atoms with Crippen LogP contribution in [0.1, 0.15) is 11.1 Å². The number of carbonyl (C=O) groups excluding carboxylic acids is 1. The molecule has 6 nitrogen and oxygen atoms in total. The summed E-state index contributed by atoms with van der Waals surface area (Å²) in [7, 11) is 1.70. The van der Waals surface area contributed by atoms with E-state index in [0.717, 1.165) is 23.4 Å². The molecule has 0 saturated carbocycles. The van der Waals surface area contributed by atoms with Crippen LogP contribution in [-0.2, 0) is 17.9 Å². The Balaban J connectivity index is 0.00000280. The van der Waals surface area contributed by atoms with Gasteiger partial charge in [0.05, 0.1) is 6.54 Å². The van der Waals surface area contributed by atoms with Gasteiger partial charge in [-0.3, -0.25) is 9.79 Å². The lowest BCUT2D eigenvalue weighted by molar-refractivity contribution is -0.120. The lowest BCUT2D eigenvalue weighted by atomic mass is 10.2. The minimum absolute atomic E-state index is 0. The van der Waals surface area contributed by atoms with Crippen molar-refractivity contribution in [3.05, 3.63) is 65.5 Å². The molecule has 1 aliphatic rings. The molecule has 0 radical (unpaired) electrons. The number of guanidine groups is 1. The van der Waals surface area contributed by atoms with E-state index < -0.39 is 0 Å². The molecule has 8 heteroatoms. The third-order valence-electron chi connectivity index (χ3n) is 4.37. The molecule has 1 fully saturated rings. The average Bonchev–Trinajstić information content (AvgIpc) is 2.69. The Morgan fingerprint density at radius 3 is 2.50 bits per heavy atom. The second-order valence-corrected chi connectivity index (χ2v) is 6.35. The molecule has 0 aromatic heterocycles. The van der Waals surface area contributed by atoms with Crippen LogP contribution in [0.4, 0.5) is 10.1 Å². The number of benzene rings is 2. The van der Waals surface area contributed by atoms with Crippen molar-refractivity contribution in [1.82, 2.24) is 16.0 Å². The summed E-state index contributed by atoms with van der Waals surface area (Å²) >= 11 is 0. The number of anilines is 1. The molecule has 150 valence electrons. The van der Waals surface area contributed by atoms with E-state index in [-0.39, 0.29) is 35.7 Å². The Labute approximate surface area is 181 Å². The van der Waals surface area contributed by atoms with Gasteiger partial charge in [-0.15, -0.1) is 24.0 Å². The molecule has 2 aromatic carbocycles. The van der Waals surface area contributed by atoms with Crippen molar-refractivity contribution in [1.29, 1.82) is 0 Å². The van der Waals surface area contributed by atoms with Gasteiger partial charge in [0.2, 0.25) is 5.91 Å². The van der Waals surface area contributed by atoms with Crippen LogP contribution >= 0.6 is 24.0 Å². The van der Waals surface area contributed by atoms with Gasteiger partial charge in [0.1, 0.15) is 5.82 Å². The molecule has 3 rings (SSSR count). The van der Waals surface area contributed by atoms with E-state index in [9.17, 15) is 9.18 Å². The average molecular weight is 497 g/mol. The Morgan fingerprint density at radius 2 is 1.86 bits per heavy atom. The molecule has 0 spiro atoms. The third-order valence-corrected chi connectivity index (χ3v) is 4.37. The number of halogens is 2. The molecule has 1 saturated heterocycles. The standard InChI is InChI=1S/C20H24FN5O.HI/c1-22-20(25-13-16-3-2-4-17(21)11-16)24-12-15-5-7-18(8-6-15)26-10-9-23-19(27)14-26;/h2-8,11H,9-10,12-14H2,1H3,(H,23,27)(H2,22,24,25);1H. The highest BCUT2D eigenvalue weighted by Gasteiger charge is 2.16. The topological polar surface area (TPSA) is 68.8 Å². The predicted octanol–water partition coefficient (Wildman–Crippen LogP) is 2.25. The van der Waals surface area contributed by atoms with Gasteiger partial charge in [-0.2, -0.15) is 0 Å². The van der Waals surface area contributed by atoms with E-state index in [4.69, 9.17) is 0 Å². The van der Waals surface area contributed by atoms with Crippen LogP contribution in [0.3, 0.4) is 0 Å². The predicted molar refractivity (Wildman–Crippen MR) is 121 cm³/mol. The molecule has 0 unspecified atom stereocenters. The number of nitrogens with zero attached hydrogens (tertiary/aromatic N) is 2. The van der Waals surface area contributed by atoms with Gasteiger partial charge in [0.15, 0.2) is 5.96 Å². The highest BCUT2D eigenvalue weighted by Crippen LogP contribution is 2.16. The van der Waals surface area contributed by atoms with Crippen LogP contribution in [0.5, 0.6) is 0 Å². The summed E-state index contributed by atoms with van der Waals surface area (Å²) in [6, 6.07) is 14.6. The highest BCUT2D eigenvalue weighted by atomic mass is 127. The molecular formula is C20H25FIN5O. The minimum Gasteiger partial charge on any atom is -0.360 e. The zero-order valence-electron chi connectivity index (χ0n) is 15.7.